The van der Waals surface area contributed by atoms with E-state index in [0.29, 0.717) is 18.6 Å². The van der Waals surface area contributed by atoms with Crippen LogP contribution < -0.4 is 5.73 Å². The van der Waals surface area contributed by atoms with Crippen LogP contribution in [-0.2, 0) is 4.74 Å². The van der Waals surface area contributed by atoms with Gasteiger partial charge in [0.1, 0.15) is 0 Å². The Morgan fingerprint density at radius 3 is 2.60 bits per heavy atom. The van der Waals surface area contributed by atoms with Crippen molar-refractivity contribution >= 4 is 0 Å². The van der Waals surface area contributed by atoms with Crippen LogP contribution in [0.15, 0.2) is 0 Å². The van der Waals surface area contributed by atoms with E-state index in [4.69, 9.17) is 15.6 Å². The van der Waals surface area contributed by atoms with Crippen molar-refractivity contribution in [3.8, 4) is 0 Å². The highest BCUT2D eigenvalue weighted by atomic mass is 16.5. The zero-order valence-electron chi connectivity index (χ0n) is 9.69. The minimum Gasteiger partial charge on any atom is -0.394 e. The number of likely N-dealkylation sites (tertiary alicyclic amines) is 1. The van der Waals surface area contributed by atoms with Crippen molar-refractivity contribution in [2.24, 2.45) is 11.7 Å². The lowest BCUT2D eigenvalue weighted by molar-refractivity contribution is 0.0636. The minimum atomic E-state index is 0.118. The number of hydrogen-bond acceptors (Lipinski definition) is 4. The van der Waals surface area contributed by atoms with Gasteiger partial charge in [-0.2, -0.15) is 0 Å². The van der Waals surface area contributed by atoms with Crippen LogP contribution in [0.25, 0.3) is 0 Å². The zero-order chi connectivity index (χ0) is 11.1. The van der Waals surface area contributed by atoms with Gasteiger partial charge in [-0.3, -0.25) is 0 Å². The molecule has 1 rings (SSSR count). The molecule has 0 aromatic heterocycles. The lowest BCUT2D eigenvalue weighted by Crippen LogP contribution is -2.40. The average molecular weight is 216 g/mol. The van der Waals surface area contributed by atoms with E-state index < -0.39 is 0 Å². The van der Waals surface area contributed by atoms with E-state index in [2.05, 4.69) is 11.8 Å². The van der Waals surface area contributed by atoms with E-state index in [1.807, 2.05) is 0 Å². The van der Waals surface area contributed by atoms with Gasteiger partial charge in [-0.15, -0.1) is 0 Å². The summed E-state index contributed by atoms with van der Waals surface area (Å²) in [4.78, 5) is 2.41. The number of aliphatic hydroxyl groups excluding tert-OH is 1. The average Bonchev–Trinajstić information content (AvgIpc) is 2.25. The number of ether oxygens (including phenoxy) is 1. The molecule has 1 atom stereocenters. The summed E-state index contributed by atoms with van der Waals surface area (Å²) >= 11 is 0. The molecule has 15 heavy (non-hydrogen) atoms. The second-order valence-corrected chi connectivity index (χ2v) is 4.37. The maximum absolute atomic E-state index is 8.55. The molecule has 4 heteroatoms. The van der Waals surface area contributed by atoms with Crippen molar-refractivity contribution in [3.05, 3.63) is 0 Å². The fraction of sp³-hybridized carbons (Fsp3) is 1.00. The molecule has 0 spiro atoms. The molecule has 1 heterocycles. The Balaban J connectivity index is 2.04. The third-order valence-electron chi connectivity index (χ3n) is 3.16. The summed E-state index contributed by atoms with van der Waals surface area (Å²) in [5, 5.41) is 8.55. The molecule has 0 radical (unpaired) electrons. The molecule has 0 aliphatic carbocycles. The molecule has 0 aromatic carbocycles. The van der Waals surface area contributed by atoms with E-state index in [-0.39, 0.29) is 6.61 Å². The molecule has 3 N–H and O–H groups in total. The fourth-order valence-corrected chi connectivity index (χ4v) is 2.06. The van der Waals surface area contributed by atoms with Crippen molar-refractivity contribution in [2.75, 3.05) is 39.5 Å². The third kappa shape index (κ3) is 4.93. The molecule has 1 fully saturated rings. The van der Waals surface area contributed by atoms with Gasteiger partial charge >= 0.3 is 0 Å². The van der Waals surface area contributed by atoms with Crippen LogP contribution in [0.4, 0.5) is 0 Å². The molecule has 0 saturated carbocycles. The Morgan fingerprint density at radius 1 is 1.40 bits per heavy atom. The molecule has 1 unspecified atom stereocenters. The first-order valence-electron chi connectivity index (χ1n) is 5.90. The molecule has 1 saturated heterocycles. The number of nitrogens with zero attached hydrogens (tertiary/aromatic N) is 1. The van der Waals surface area contributed by atoms with Crippen molar-refractivity contribution in [1.82, 2.24) is 4.90 Å². The molecule has 1 aliphatic rings. The summed E-state index contributed by atoms with van der Waals surface area (Å²) in [6, 6.07) is 0.331. The predicted molar refractivity (Wildman–Crippen MR) is 60.7 cm³/mol. The number of aliphatic hydroxyl groups is 1. The summed E-state index contributed by atoms with van der Waals surface area (Å²) in [5.41, 5.74) is 5.88. The minimum absolute atomic E-state index is 0.118. The van der Waals surface area contributed by atoms with E-state index in [1.54, 1.807) is 0 Å². The molecule has 0 amide bonds. The quantitative estimate of drug-likeness (QED) is 0.616. The van der Waals surface area contributed by atoms with Crippen molar-refractivity contribution in [2.45, 2.75) is 25.8 Å². The smallest absolute Gasteiger partial charge is 0.0698 e. The molecule has 0 bridgehead atoms. The zero-order valence-corrected chi connectivity index (χ0v) is 9.69. The first-order chi connectivity index (χ1) is 7.24. The summed E-state index contributed by atoms with van der Waals surface area (Å²) in [6.07, 6.45) is 2.41. The highest BCUT2D eigenvalue weighted by Crippen LogP contribution is 2.18. The maximum atomic E-state index is 8.55. The molecule has 1 aliphatic heterocycles. The normalized spacial score (nSPS) is 21.8. The van der Waals surface area contributed by atoms with E-state index in [0.717, 1.165) is 26.2 Å². The lowest BCUT2D eigenvalue weighted by Gasteiger charge is -2.33. The lowest BCUT2D eigenvalue weighted by atomic mass is 9.91. The Morgan fingerprint density at radius 2 is 2.07 bits per heavy atom. The second kappa shape index (κ2) is 7.17. The molecule has 0 aromatic rings. The van der Waals surface area contributed by atoms with Gasteiger partial charge in [-0.1, -0.05) is 0 Å². The third-order valence-corrected chi connectivity index (χ3v) is 3.16. The van der Waals surface area contributed by atoms with Gasteiger partial charge in [0, 0.05) is 12.6 Å². The van der Waals surface area contributed by atoms with Crippen molar-refractivity contribution in [3.63, 3.8) is 0 Å². The van der Waals surface area contributed by atoms with E-state index in [1.165, 1.54) is 12.8 Å². The molecule has 4 nitrogen and oxygen atoms in total. The van der Waals surface area contributed by atoms with E-state index >= 15 is 0 Å². The van der Waals surface area contributed by atoms with Gasteiger partial charge in [0.2, 0.25) is 0 Å². The summed E-state index contributed by atoms with van der Waals surface area (Å²) < 4.78 is 5.24. The maximum Gasteiger partial charge on any atom is 0.0698 e. The fourth-order valence-electron chi connectivity index (χ4n) is 2.06. The number of hydrogen-bond donors (Lipinski definition) is 2. The van der Waals surface area contributed by atoms with Gasteiger partial charge in [0.25, 0.3) is 0 Å². The predicted octanol–water partition coefficient (Wildman–Crippen LogP) is 0.0545. The van der Waals surface area contributed by atoms with Crippen LogP contribution in [0, 0.1) is 5.92 Å². The highest BCUT2D eigenvalue weighted by molar-refractivity contribution is 4.77. The van der Waals surface area contributed by atoms with Gasteiger partial charge in [-0.05, 0) is 38.8 Å². The number of nitrogens with two attached hydrogens (primary N) is 1. The standard InChI is InChI=1S/C11H24N2O2/c1-10(12)11-2-4-13(5-3-11)6-8-15-9-7-14/h10-11,14H,2-9,12H2,1H3. The van der Waals surface area contributed by atoms with Gasteiger partial charge in [-0.25, -0.2) is 0 Å². The van der Waals surface area contributed by atoms with Gasteiger partial charge in [0.15, 0.2) is 0 Å². The molecule has 90 valence electrons. The first kappa shape index (κ1) is 12.9. The SMILES string of the molecule is CC(N)C1CCN(CCOCCO)CC1. The van der Waals surface area contributed by atoms with Crippen molar-refractivity contribution in [1.29, 1.82) is 0 Å². The van der Waals surface area contributed by atoms with Crippen LogP contribution in [-0.4, -0.2) is 55.5 Å². The van der Waals surface area contributed by atoms with E-state index in [9.17, 15) is 0 Å². The number of rotatable bonds is 6. The molecular weight excluding hydrogens is 192 g/mol. The monoisotopic (exact) mass is 216 g/mol. The Bertz CT molecular complexity index is 157. The highest BCUT2D eigenvalue weighted by Gasteiger charge is 2.21. The van der Waals surface area contributed by atoms with Crippen LogP contribution >= 0.6 is 0 Å². The largest absolute Gasteiger partial charge is 0.394 e. The topological polar surface area (TPSA) is 58.7 Å². The second-order valence-electron chi connectivity index (χ2n) is 4.37. The van der Waals surface area contributed by atoms with Crippen molar-refractivity contribution < 1.29 is 9.84 Å². The van der Waals surface area contributed by atoms with Crippen LogP contribution in [0.1, 0.15) is 19.8 Å². The van der Waals surface area contributed by atoms with Crippen LogP contribution in [0.5, 0.6) is 0 Å². The Hall–Kier alpha value is -0.160. The Kier molecular flexibility index (Phi) is 6.17. The summed E-state index contributed by atoms with van der Waals surface area (Å²) in [6.45, 7) is 6.65. The van der Waals surface area contributed by atoms with Crippen LogP contribution in [0.3, 0.4) is 0 Å². The summed E-state index contributed by atoms with van der Waals surface area (Å²) in [7, 11) is 0. The van der Waals surface area contributed by atoms with Crippen LogP contribution in [0.2, 0.25) is 0 Å². The van der Waals surface area contributed by atoms with Gasteiger partial charge < -0.3 is 20.5 Å². The first-order valence-corrected chi connectivity index (χ1v) is 5.90. The molecular formula is C11H24N2O2. The Labute approximate surface area is 92.4 Å². The summed E-state index contributed by atoms with van der Waals surface area (Å²) in [5.74, 6) is 0.694. The van der Waals surface area contributed by atoms with Gasteiger partial charge in [0.05, 0.1) is 19.8 Å². The number of piperidine rings is 1.